The molecule has 0 radical (unpaired) electrons. The zero-order valence-corrected chi connectivity index (χ0v) is 7.01. The summed E-state index contributed by atoms with van der Waals surface area (Å²) in [6, 6.07) is 0.272. The molecule has 13 heavy (non-hydrogen) atoms. The smallest absolute Gasteiger partial charge is 0.307 e. The molecule has 2 heterocycles. The molecule has 1 N–H and O–H groups in total. The number of hydrogen-bond acceptors (Lipinski definition) is 4. The van der Waals surface area contributed by atoms with Crippen molar-refractivity contribution in [2.75, 3.05) is 13.1 Å². The summed E-state index contributed by atoms with van der Waals surface area (Å²) in [7, 11) is 0. The van der Waals surface area contributed by atoms with E-state index in [0.717, 1.165) is 19.5 Å². The average Bonchev–Trinajstić information content (AvgIpc) is 2.75. The van der Waals surface area contributed by atoms with Crippen LogP contribution in [-0.4, -0.2) is 27.8 Å². The van der Waals surface area contributed by atoms with E-state index in [1.807, 2.05) is 0 Å². The highest BCUT2D eigenvalue weighted by Gasteiger charge is 2.19. The van der Waals surface area contributed by atoms with Crippen LogP contribution in [0.2, 0.25) is 0 Å². The summed E-state index contributed by atoms with van der Waals surface area (Å²) < 4.78 is 1.66. The number of nitrogens with one attached hydrogen (secondary N) is 1. The van der Waals surface area contributed by atoms with Gasteiger partial charge in [-0.2, -0.15) is 5.10 Å². The summed E-state index contributed by atoms with van der Waals surface area (Å²) in [5.74, 6) is 0. The maximum Gasteiger partial charge on any atom is 0.307 e. The van der Waals surface area contributed by atoms with Gasteiger partial charge in [-0.15, -0.1) is 0 Å². The monoisotopic (exact) mass is 182 g/mol. The first kappa shape index (κ1) is 8.18. The summed E-state index contributed by atoms with van der Waals surface area (Å²) in [5, 5.41) is 17.5. The predicted molar refractivity (Wildman–Crippen MR) is 45.4 cm³/mol. The molecule has 1 saturated heterocycles. The van der Waals surface area contributed by atoms with Crippen molar-refractivity contribution < 1.29 is 4.92 Å². The van der Waals surface area contributed by atoms with Gasteiger partial charge in [0.25, 0.3) is 0 Å². The van der Waals surface area contributed by atoms with Gasteiger partial charge in [-0.05, 0) is 13.0 Å². The van der Waals surface area contributed by atoms with Gasteiger partial charge in [0.15, 0.2) is 0 Å². The number of hydrogen-bond donors (Lipinski definition) is 1. The highest BCUT2D eigenvalue weighted by Crippen LogP contribution is 2.17. The third-order valence-electron chi connectivity index (χ3n) is 2.21. The summed E-state index contributed by atoms with van der Waals surface area (Å²) >= 11 is 0. The second-order valence-electron chi connectivity index (χ2n) is 3.08. The van der Waals surface area contributed by atoms with Crippen LogP contribution in [0, 0.1) is 10.1 Å². The van der Waals surface area contributed by atoms with Gasteiger partial charge in [0.05, 0.1) is 11.0 Å². The molecular weight excluding hydrogens is 172 g/mol. The molecule has 2 rings (SSSR count). The van der Waals surface area contributed by atoms with E-state index >= 15 is 0 Å². The zero-order valence-electron chi connectivity index (χ0n) is 7.01. The lowest BCUT2D eigenvalue weighted by molar-refractivity contribution is -0.385. The molecule has 0 aliphatic carbocycles. The predicted octanol–water partition coefficient (Wildman–Crippen LogP) is 0.326. The number of nitrogens with zero attached hydrogens (tertiary/aromatic N) is 3. The van der Waals surface area contributed by atoms with Crippen molar-refractivity contribution in [1.82, 2.24) is 15.1 Å². The molecule has 0 saturated carbocycles. The van der Waals surface area contributed by atoms with E-state index in [2.05, 4.69) is 10.4 Å². The van der Waals surface area contributed by atoms with Crippen LogP contribution in [0.4, 0.5) is 5.69 Å². The summed E-state index contributed by atoms with van der Waals surface area (Å²) in [5.41, 5.74) is 0.0619. The lowest BCUT2D eigenvalue weighted by Gasteiger charge is -2.06. The first-order chi connectivity index (χ1) is 6.27. The Morgan fingerprint density at radius 1 is 1.77 bits per heavy atom. The van der Waals surface area contributed by atoms with Crippen molar-refractivity contribution in [3.05, 3.63) is 22.5 Å². The minimum absolute atomic E-state index is 0.0619. The van der Waals surface area contributed by atoms with E-state index in [1.54, 1.807) is 4.68 Å². The van der Waals surface area contributed by atoms with Crippen LogP contribution in [0.1, 0.15) is 12.5 Å². The van der Waals surface area contributed by atoms with Crippen LogP contribution in [0.15, 0.2) is 12.4 Å². The molecule has 1 aromatic rings. The van der Waals surface area contributed by atoms with Crippen LogP contribution in [0.5, 0.6) is 0 Å². The Hall–Kier alpha value is -1.43. The van der Waals surface area contributed by atoms with E-state index in [9.17, 15) is 10.1 Å². The molecule has 6 nitrogen and oxygen atoms in total. The molecule has 1 aliphatic rings. The molecule has 70 valence electrons. The van der Waals surface area contributed by atoms with Gasteiger partial charge in [0.2, 0.25) is 0 Å². The third-order valence-corrected chi connectivity index (χ3v) is 2.21. The van der Waals surface area contributed by atoms with Gasteiger partial charge in [0, 0.05) is 6.54 Å². The lowest BCUT2D eigenvalue weighted by atomic mass is 10.3. The van der Waals surface area contributed by atoms with Crippen molar-refractivity contribution in [3.8, 4) is 0 Å². The average molecular weight is 182 g/mol. The van der Waals surface area contributed by atoms with Crippen molar-refractivity contribution in [3.63, 3.8) is 0 Å². The van der Waals surface area contributed by atoms with Crippen LogP contribution >= 0.6 is 0 Å². The van der Waals surface area contributed by atoms with Gasteiger partial charge in [0.1, 0.15) is 12.4 Å². The van der Waals surface area contributed by atoms with Crippen LogP contribution in [0.25, 0.3) is 0 Å². The largest absolute Gasteiger partial charge is 0.315 e. The topological polar surface area (TPSA) is 73.0 Å². The summed E-state index contributed by atoms with van der Waals surface area (Å²) in [4.78, 5) is 9.94. The zero-order chi connectivity index (χ0) is 9.26. The SMILES string of the molecule is O=[N+]([O-])c1cnn([C@H]2CCNC2)c1. The molecule has 0 bridgehead atoms. The second kappa shape index (κ2) is 3.14. The van der Waals surface area contributed by atoms with Crippen molar-refractivity contribution in [2.24, 2.45) is 0 Å². The summed E-state index contributed by atoms with van der Waals surface area (Å²) in [6.07, 6.45) is 3.76. The van der Waals surface area contributed by atoms with Gasteiger partial charge in [-0.3, -0.25) is 14.8 Å². The van der Waals surface area contributed by atoms with Crippen LogP contribution in [0.3, 0.4) is 0 Å². The van der Waals surface area contributed by atoms with E-state index in [4.69, 9.17) is 0 Å². The molecule has 1 aliphatic heterocycles. The van der Waals surface area contributed by atoms with Crippen LogP contribution < -0.4 is 5.32 Å². The molecule has 6 heteroatoms. The maximum absolute atomic E-state index is 10.4. The highest BCUT2D eigenvalue weighted by atomic mass is 16.6. The maximum atomic E-state index is 10.4. The van der Waals surface area contributed by atoms with E-state index in [0.29, 0.717) is 0 Å². The van der Waals surface area contributed by atoms with Crippen molar-refractivity contribution in [1.29, 1.82) is 0 Å². The quantitative estimate of drug-likeness (QED) is 0.528. The third kappa shape index (κ3) is 1.52. The van der Waals surface area contributed by atoms with E-state index in [1.165, 1.54) is 12.4 Å². The fourth-order valence-electron chi connectivity index (χ4n) is 1.49. The van der Waals surface area contributed by atoms with Crippen molar-refractivity contribution >= 4 is 5.69 Å². The minimum Gasteiger partial charge on any atom is -0.315 e. The fraction of sp³-hybridized carbons (Fsp3) is 0.571. The Labute approximate surface area is 74.7 Å². The highest BCUT2D eigenvalue weighted by molar-refractivity contribution is 5.21. The Morgan fingerprint density at radius 2 is 2.62 bits per heavy atom. The first-order valence-corrected chi connectivity index (χ1v) is 4.16. The van der Waals surface area contributed by atoms with Gasteiger partial charge in [-0.25, -0.2) is 0 Å². The molecule has 1 atom stereocenters. The van der Waals surface area contributed by atoms with Crippen LogP contribution in [-0.2, 0) is 0 Å². The first-order valence-electron chi connectivity index (χ1n) is 4.16. The Balaban J connectivity index is 2.16. The molecule has 0 aromatic carbocycles. The number of aromatic nitrogens is 2. The molecule has 0 spiro atoms. The van der Waals surface area contributed by atoms with E-state index in [-0.39, 0.29) is 11.7 Å². The lowest BCUT2D eigenvalue weighted by Crippen LogP contribution is -2.13. The molecule has 1 fully saturated rings. The molecular formula is C7H10N4O2. The second-order valence-corrected chi connectivity index (χ2v) is 3.08. The fourth-order valence-corrected chi connectivity index (χ4v) is 1.49. The molecule has 0 unspecified atom stereocenters. The van der Waals surface area contributed by atoms with Gasteiger partial charge in [-0.1, -0.05) is 0 Å². The normalized spacial score (nSPS) is 22.0. The Morgan fingerprint density at radius 3 is 3.15 bits per heavy atom. The van der Waals surface area contributed by atoms with Crippen molar-refractivity contribution in [2.45, 2.75) is 12.5 Å². The number of nitro groups is 1. The Bertz CT molecular complexity index is 316. The minimum atomic E-state index is -0.425. The van der Waals surface area contributed by atoms with Gasteiger partial charge >= 0.3 is 5.69 Å². The summed E-state index contributed by atoms with van der Waals surface area (Å²) in [6.45, 7) is 1.80. The molecule has 0 amide bonds. The Kier molecular flexibility index (Phi) is 1.97. The molecule has 1 aromatic heterocycles. The number of rotatable bonds is 2. The van der Waals surface area contributed by atoms with E-state index < -0.39 is 4.92 Å². The van der Waals surface area contributed by atoms with Gasteiger partial charge < -0.3 is 5.32 Å². The standard InChI is InChI=1S/C7H10N4O2/c12-11(13)7-4-9-10(5-7)6-1-2-8-3-6/h4-6,8H,1-3H2/t6-/m0/s1.